The van der Waals surface area contributed by atoms with Crippen molar-refractivity contribution in [3.63, 3.8) is 0 Å². The minimum absolute atomic E-state index is 0. The van der Waals surface area contributed by atoms with Crippen LogP contribution in [0.4, 0.5) is 4.79 Å². The molecule has 2 aromatic rings. The first kappa shape index (κ1) is 17.8. The van der Waals surface area contributed by atoms with E-state index in [4.69, 9.17) is 9.47 Å². The van der Waals surface area contributed by atoms with Gasteiger partial charge in [-0.25, -0.2) is 9.59 Å². The fourth-order valence-electron chi connectivity index (χ4n) is 4.04. The molecular weight excluding hydrogens is 346 g/mol. The molecule has 25 heavy (non-hydrogen) atoms. The Morgan fingerprint density at radius 3 is 2.56 bits per heavy atom. The van der Waals surface area contributed by atoms with E-state index in [9.17, 15) is 9.59 Å². The summed E-state index contributed by atoms with van der Waals surface area (Å²) in [6.45, 7) is 0. The van der Waals surface area contributed by atoms with Crippen molar-refractivity contribution in [2.75, 3.05) is 14.2 Å². The third kappa shape index (κ3) is 3.02. The van der Waals surface area contributed by atoms with E-state index in [1.165, 1.54) is 0 Å². The van der Waals surface area contributed by atoms with Gasteiger partial charge in [0.1, 0.15) is 11.9 Å². The number of nitrogens with zero attached hydrogens (tertiary/aromatic N) is 2. The van der Waals surface area contributed by atoms with Gasteiger partial charge in [0, 0.05) is 31.0 Å². The van der Waals surface area contributed by atoms with Crippen molar-refractivity contribution >= 4 is 29.5 Å². The standard InChI is InChI=1S/C17H21N3O4.ClH/c1-19-10-3-4-11(19)8-13(7-10)24-17(22)20-15-9-12(23-2)5-6-14(15)18-16(20)21;/h5-6,9-11,13H,3-4,7-8H2,1-2H3,(H,18,21);1H/t10-,11+,13?;. The van der Waals surface area contributed by atoms with E-state index in [1.807, 2.05) is 0 Å². The molecule has 1 unspecified atom stereocenters. The second-order valence-corrected chi connectivity index (χ2v) is 6.68. The minimum Gasteiger partial charge on any atom is -0.497 e. The van der Waals surface area contributed by atoms with Gasteiger partial charge in [0.2, 0.25) is 0 Å². The van der Waals surface area contributed by atoms with Crippen molar-refractivity contribution in [1.82, 2.24) is 14.5 Å². The molecule has 7 nitrogen and oxygen atoms in total. The summed E-state index contributed by atoms with van der Waals surface area (Å²) in [5, 5.41) is 0. The van der Waals surface area contributed by atoms with E-state index < -0.39 is 11.8 Å². The number of nitrogens with one attached hydrogen (secondary N) is 1. The molecule has 0 aliphatic carbocycles. The average Bonchev–Trinajstić information content (AvgIpc) is 2.97. The third-order valence-corrected chi connectivity index (χ3v) is 5.40. The zero-order valence-corrected chi connectivity index (χ0v) is 15.0. The molecule has 3 heterocycles. The molecule has 2 bridgehead atoms. The number of H-pyrrole nitrogens is 1. The summed E-state index contributed by atoms with van der Waals surface area (Å²) in [5.41, 5.74) is 0.570. The van der Waals surface area contributed by atoms with Crippen molar-refractivity contribution in [2.45, 2.75) is 43.9 Å². The number of piperidine rings is 1. The summed E-state index contributed by atoms with van der Waals surface area (Å²) in [4.78, 5) is 29.8. The highest BCUT2D eigenvalue weighted by Crippen LogP contribution is 2.35. The topological polar surface area (TPSA) is 76.6 Å². The van der Waals surface area contributed by atoms with Crippen molar-refractivity contribution < 1.29 is 14.3 Å². The monoisotopic (exact) mass is 367 g/mol. The lowest BCUT2D eigenvalue weighted by Crippen LogP contribution is -2.44. The highest BCUT2D eigenvalue weighted by molar-refractivity contribution is 5.87. The minimum atomic E-state index is -0.617. The number of aromatic amines is 1. The average molecular weight is 368 g/mol. The van der Waals surface area contributed by atoms with Crippen LogP contribution in [0.25, 0.3) is 11.0 Å². The summed E-state index contributed by atoms with van der Waals surface area (Å²) in [6, 6.07) is 6.06. The van der Waals surface area contributed by atoms with Crippen molar-refractivity contribution in [3.05, 3.63) is 28.7 Å². The predicted molar refractivity (Wildman–Crippen MR) is 95.8 cm³/mol. The molecule has 2 aliphatic rings. The highest BCUT2D eigenvalue weighted by Gasteiger charge is 2.40. The Balaban J connectivity index is 0.00000182. The van der Waals surface area contributed by atoms with Gasteiger partial charge in [-0.05, 0) is 32.0 Å². The Hall–Kier alpha value is -1.99. The van der Waals surface area contributed by atoms with Gasteiger partial charge in [0.25, 0.3) is 0 Å². The Bertz CT molecular complexity index is 832. The van der Waals surface area contributed by atoms with Crippen LogP contribution < -0.4 is 10.4 Å². The number of rotatable bonds is 2. The molecule has 0 radical (unpaired) electrons. The first-order valence-corrected chi connectivity index (χ1v) is 8.28. The number of halogens is 1. The van der Waals surface area contributed by atoms with Gasteiger partial charge in [0.15, 0.2) is 0 Å². The van der Waals surface area contributed by atoms with Gasteiger partial charge in [-0.15, -0.1) is 12.4 Å². The van der Waals surface area contributed by atoms with E-state index in [1.54, 1.807) is 25.3 Å². The van der Waals surface area contributed by atoms with Crippen molar-refractivity contribution in [2.24, 2.45) is 0 Å². The molecule has 4 rings (SSSR count). The molecule has 2 saturated heterocycles. The Kier molecular flexibility index (Phi) is 4.79. The number of carbonyl (C=O) groups is 1. The Labute approximate surface area is 151 Å². The summed E-state index contributed by atoms with van der Waals surface area (Å²) in [6.07, 6.45) is 3.22. The summed E-state index contributed by atoms with van der Waals surface area (Å²) < 4.78 is 11.9. The predicted octanol–water partition coefficient (Wildman–Crippen LogP) is 2.37. The second-order valence-electron chi connectivity index (χ2n) is 6.68. The van der Waals surface area contributed by atoms with Crippen LogP contribution >= 0.6 is 12.4 Å². The molecule has 2 aliphatic heterocycles. The molecule has 0 saturated carbocycles. The highest BCUT2D eigenvalue weighted by atomic mass is 35.5. The number of ether oxygens (including phenoxy) is 2. The van der Waals surface area contributed by atoms with Crippen LogP contribution in [0.3, 0.4) is 0 Å². The number of methoxy groups -OCH3 is 1. The third-order valence-electron chi connectivity index (χ3n) is 5.40. The molecule has 8 heteroatoms. The van der Waals surface area contributed by atoms with Crippen LogP contribution in [0.5, 0.6) is 5.75 Å². The Morgan fingerprint density at radius 1 is 1.24 bits per heavy atom. The maximum absolute atomic E-state index is 12.6. The lowest BCUT2D eigenvalue weighted by Gasteiger charge is -2.35. The summed E-state index contributed by atoms with van der Waals surface area (Å²) in [5.74, 6) is 0.584. The van der Waals surface area contributed by atoms with Crippen LogP contribution in [-0.2, 0) is 4.74 Å². The quantitative estimate of drug-likeness (QED) is 0.881. The maximum Gasteiger partial charge on any atom is 0.423 e. The number of carbonyl (C=O) groups excluding carboxylic acids is 1. The van der Waals surface area contributed by atoms with Crippen molar-refractivity contribution in [1.29, 1.82) is 0 Å². The molecule has 2 fully saturated rings. The molecule has 0 amide bonds. The number of benzene rings is 1. The van der Waals surface area contributed by atoms with Crippen LogP contribution in [-0.4, -0.2) is 52.9 Å². The van der Waals surface area contributed by atoms with E-state index in [-0.39, 0.29) is 18.5 Å². The van der Waals surface area contributed by atoms with Crippen LogP contribution in [0, 0.1) is 0 Å². The lowest BCUT2D eigenvalue weighted by atomic mass is 10.0. The van der Waals surface area contributed by atoms with Gasteiger partial charge in [-0.2, -0.15) is 4.57 Å². The molecule has 3 atom stereocenters. The Morgan fingerprint density at radius 2 is 1.92 bits per heavy atom. The van der Waals surface area contributed by atoms with Gasteiger partial charge in [-0.3, -0.25) is 0 Å². The van der Waals surface area contributed by atoms with Crippen LogP contribution in [0.2, 0.25) is 0 Å². The number of hydrogen-bond donors (Lipinski definition) is 1. The first-order chi connectivity index (χ1) is 11.6. The van der Waals surface area contributed by atoms with E-state index >= 15 is 0 Å². The number of hydrogen-bond acceptors (Lipinski definition) is 5. The second kappa shape index (κ2) is 6.72. The molecular formula is C17H22ClN3O4. The van der Waals surface area contributed by atoms with Crippen LogP contribution in [0.1, 0.15) is 25.7 Å². The van der Waals surface area contributed by atoms with Gasteiger partial charge in [-0.1, -0.05) is 0 Å². The molecule has 1 aromatic heterocycles. The number of fused-ring (bicyclic) bond motifs is 3. The van der Waals surface area contributed by atoms with Gasteiger partial charge in [0.05, 0.1) is 18.1 Å². The number of imidazole rings is 1. The zero-order valence-electron chi connectivity index (χ0n) is 14.2. The van der Waals surface area contributed by atoms with E-state index in [2.05, 4.69) is 16.9 Å². The SMILES string of the molecule is COc1ccc2[nH]c(=O)n(C(=O)OC3C[C@H]4CC[C@@H](C3)N4C)c2c1.Cl. The smallest absolute Gasteiger partial charge is 0.423 e. The molecule has 1 N–H and O–H groups in total. The van der Waals surface area contributed by atoms with Crippen LogP contribution in [0.15, 0.2) is 23.0 Å². The van der Waals surface area contributed by atoms with Gasteiger partial charge >= 0.3 is 11.8 Å². The van der Waals surface area contributed by atoms with E-state index in [0.29, 0.717) is 28.9 Å². The first-order valence-electron chi connectivity index (χ1n) is 8.28. The lowest BCUT2D eigenvalue weighted by molar-refractivity contribution is 0.0290. The zero-order chi connectivity index (χ0) is 16.8. The summed E-state index contributed by atoms with van der Waals surface area (Å²) in [7, 11) is 3.68. The molecule has 0 spiro atoms. The summed E-state index contributed by atoms with van der Waals surface area (Å²) >= 11 is 0. The number of aromatic nitrogens is 2. The van der Waals surface area contributed by atoms with Gasteiger partial charge < -0.3 is 19.4 Å². The fourth-order valence-corrected chi connectivity index (χ4v) is 4.04. The molecule has 1 aromatic carbocycles. The van der Waals surface area contributed by atoms with Crippen molar-refractivity contribution in [3.8, 4) is 5.75 Å². The largest absolute Gasteiger partial charge is 0.497 e. The van der Waals surface area contributed by atoms with E-state index in [0.717, 1.165) is 30.3 Å². The maximum atomic E-state index is 12.6. The fraction of sp³-hybridized carbons (Fsp3) is 0.529. The molecule has 136 valence electrons. The normalized spacial score (nSPS) is 25.6.